The van der Waals surface area contributed by atoms with Crippen LogP contribution in [0.4, 0.5) is 11.4 Å². The molecular weight excluding hydrogens is 344 g/mol. The van der Waals surface area contributed by atoms with Gasteiger partial charge in [-0.25, -0.2) is 0 Å². The van der Waals surface area contributed by atoms with E-state index in [2.05, 4.69) is 21.2 Å². The van der Waals surface area contributed by atoms with Crippen molar-refractivity contribution >= 4 is 39.1 Å². The maximum atomic E-state index is 12.2. The highest BCUT2D eigenvalue weighted by Crippen LogP contribution is 2.22. The van der Waals surface area contributed by atoms with Gasteiger partial charge in [0.2, 0.25) is 5.91 Å². The van der Waals surface area contributed by atoms with E-state index in [0.29, 0.717) is 12.0 Å². The highest BCUT2D eigenvalue weighted by molar-refractivity contribution is 9.10. The average Bonchev–Trinajstić information content (AvgIpc) is 2.93. The minimum atomic E-state index is -0.169. The molecule has 112 valence electrons. The lowest BCUT2D eigenvalue weighted by Gasteiger charge is -2.15. The fourth-order valence-electron chi connectivity index (χ4n) is 2.48. The monoisotopic (exact) mass is 358 g/mol. The van der Waals surface area contributed by atoms with E-state index in [4.69, 9.17) is 0 Å². The zero-order valence-electron chi connectivity index (χ0n) is 11.9. The predicted molar refractivity (Wildman–Crippen MR) is 90.1 cm³/mol. The van der Waals surface area contributed by atoms with E-state index in [9.17, 15) is 9.59 Å². The number of nitrogens with zero attached hydrogens (tertiary/aromatic N) is 1. The van der Waals surface area contributed by atoms with Crippen LogP contribution in [0.25, 0.3) is 0 Å². The van der Waals surface area contributed by atoms with Crippen molar-refractivity contribution in [1.29, 1.82) is 0 Å². The van der Waals surface area contributed by atoms with Gasteiger partial charge in [-0.05, 0) is 48.9 Å². The van der Waals surface area contributed by atoms with Gasteiger partial charge in [-0.2, -0.15) is 0 Å². The van der Waals surface area contributed by atoms with Crippen molar-refractivity contribution in [3.8, 4) is 0 Å². The third kappa shape index (κ3) is 3.20. The van der Waals surface area contributed by atoms with Crippen molar-refractivity contribution in [1.82, 2.24) is 0 Å². The van der Waals surface area contributed by atoms with Crippen molar-refractivity contribution in [2.75, 3.05) is 16.8 Å². The van der Waals surface area contributed by atoms with Crippen LogP contribution in [-0.4, -0.2) is 18.4 Å². The van der Waals surface area contributed by atoms with Crippen LogP contribution >= 0.6 is 15.9 Å². The first-order valence-corrected chi connectivity index (χ1v) is 7.90. The summed E-state index contributed by atoms with van der Waals surface area (Å²) in [6.45, 7) is 0.752. The maximum Gasteiger partial charge on any atom is 0.255 e. The number of halogens is 1. The van der Waals surface area contributed by atoms with Crippen molar-refractivity contribution in [3.05, 3.63) is 58.6 Å². The molecular formula is C17H15BrN2O2. The quantitative estimate of drug-likeness (QED) is 0.906. The zero-order chi connectivity index (χ0) is 15.5. The Labute approximate surface area is 137 Å². The number of carbonyl (C=O) groups is 2. The van der Waals surface area contributed by atoms with Gasteiger partial charge in [0.05, 0.1) is 0 Å². The molecule has 5 heteroatoms. The SMILES string of the molecule is O=C(Nc1cccc(Br)c1)c1ccc(N2CCCC2=O)cc1. The molecule has 3 rings (SSSR count). The molecule has 4 nitrogen and oxygen atoms in total. The molecule has 1 N–H and O–H groups in total. The lowest BCUT2D eigenvalue weighted by Crippen LogP contribution is -2.23. The third-order valence-electron chi connectivity index (χ3n) is 3.60. The Morgan fingerprint density at radius 2 is 1.91 bits per heavy atom. The minimum absolute atomic E-state index is 0.145. The molecule has 1 aliphatic rings. The molecule has 0 atom stereocenters. The Balaban J connectivity index is 1.72. The number of rotatable bonds is 3. The summed E-state index contributed by atoms with van der Waals surface area (Å²) in [4.78, 5) is 25.7. The molecule has 22 heavy (non-hydrogen) atoms. The summed E-state index contributed by atoms with van der Waals surface area (Å²) in [6.07, 6.45) is 1.50. The summed E-state index contributed by atoms with van der Waals surface area (Å²) in [5.41, 5.74) is 2.15. The Morgan fingerprint density at radius 1 is 1.14 bits per heavy atom. The largest absolute Gasteiger partial charge is 0.322 e. The topological polar surface area (TPSA) is 49.4 Å². The molecule has 0 saturated carbocycles. The number of hydrogen-bond acceptors (Lipinski definition) is 2. The molecule has 1 heterocycles. The standard InChI is InChI=1S/C17H15BrN2O2/c18-13-3-1-4-14(11-13)19-17(22)12-6-8-15(9-7-12)20-10-2-5-16(20)21/h1,3-4,6-9,11H,2,5,10H2,(H,19,22). The van der Waals surface area contributed by atoms with Crippen LogP contribution in [0.3, 0.4) is 0 Å². The van der Waals surface area contributed by atoms with E-state index < -0.39 is 0 Å². The predicted octanol–water partition coefficient (Wildman–Crippen LogP) is 3.83. The molecule has 0 spiro atoms. The average molecular weight is 359 g/mol. The molecule has 1 saturated heterocycles. The molecule has 2 aromatic carbocycles. The van der Waals surface area contributed by atoms with Gasteiger partial charge in [0.25, 0.3) is 5.91 Å². The van der Waals surface area contributed by atoms with Crippen LogP contribution in [0.15, 0.2) is 53.0 Å². The number of benzene rings is 2. The molecule has 2 aromatic rings. The van der Waals surface area contributed by atoms with E-state index in [-0.39, 0.29) is 11.8 Å². The van der Waals surface area contributed by atoms with Gasteiger partial charge in [-0.1, -0.05) is 22.0 Å². The summed E-state index contributed by atoms with van der Waals surface area (Å²) < 4.78 is 0.910. The first-order valence-electron chi connectivity index (χ1n) is 7.11. The molecule has 0 unspecified atom stereocenters. The summed E-state index contributed by atoms with van der Waals surface area (Å²) in [7, 11) is 0. The van der Waals surface area contributed by atoms with Crippen LogP contribution in [0.2, 0.25) is 0 Å². The summed E-state index contributed by atoms with van der Waals surface area (Å²) in [5.74, 6) is -0.0243. The number of nitrogens with one attached hydrogen (secondary N) is 1. The van der Waals surface area contributed by atoms with Crippen LogP contribution < -0.4 is 10.2 Å². The summed E-state index contributed by atoms with van der Waals surface area (Å²) in [5, 5.41) is 2.85. The fourth-order valence-corrected chi connectivity index (χ4v) is 2.88. The van der Waals surface area contributed by atoms with Crippen LogP contribution in [0.1, 0.15) is 23.2 Å². The molecule has 1 aliphatic heterocycles. The maximum absolute atomic E-state index is 12.2. The molecule has 0 radical (unpaired) electrons. The fraction of sp³-hybridized carbons (Fsp3) is 0.176. The smallest absolute Gasteiger partial charge is 0.255 e. The summed E-state index contributed by atoms with van der Waals surface area (Å²) >= 11 is 3.37. The van der Waals surface area contributed by atoms with E-state index in [1.165, 1.54) is 0 Å². The van der Waals surface area contributed by atoms with E-state index in [1.54, 1.807) is 17.0 Å². The third-order valence-corrected chi connectivity index (χ3v) is 4.09. The first kappa shape index (κ1) is 14.8. The Morgan fingerprint density at radius 3 is 2.55 bits per heavy atom. The number of anilines is 2. The van der Waals surface area contributed by atoms with E-state index in [0.717, 1.165) is 28.8 Å². The van der Waals surface area contributed by atoms with Gasteiger partial charge in [0.15, 0.2) is 0 Å². The van der Waals surface area contributed by atoms with Crippen molar-refractivity contribution in [3.63, 3.8) is 0 Å². The van der Waals surface area contributed by atoms with Crippen molar-refractivity contribution in [2.24, 2.45) is 0 Å². The molecule has 0 aromatic heterocycles. The van der Waals surface area contributed by atoms with E-state index >= 15 is 0 Å². The second-order valence-corrected chi connectivity index (χ2v) is 6.08. The Hall–Kier alpha value is -2.14. The summed E-state index contributed by atoms with van der Waals surface area (Å²) in [6, 6.07) is 14.6. The molecule has 2 amide bonds. The Kier molecular flexibility index (Phi) is 4.24. The zero-order valence-corrected chi connectivity index (χ0v) is 13.5. The second-order valence-electron chi connectivity index (χ2n) is 5.16. The van der Waals surface area contributed by atoms with Crippen molar-refractivity contribution < 1.29 is 9.59 Å². The number of hydrogen-bond donors (Lipinski definition) is 1. The van der Waals surface area contributed by atoms with Crippen LogP contribution in [-0.2, 0) is 4.79 Å². The van der Waals surface area contributed by atoms with Crippen molar-refractivity contribution in [2.45, 2.75) is 12.8 Å². The minimum Gasteiger partial charge on any atom is -0.322 e. The molecule has 0 bridgehead atoms. The Bertz CT molecular complexity index is 713. The van der Waals surface area contributed by atoms with Crippen LogP contribution in [0, 0.1) is 0 Å². The highest BCUT2D eigenvalue weighted by atomic mass is 79.9. The van der Waals surface area contributed by atoms with Crippen LogP contribution in [0.5, 0.6) is 0 Å². The first-order chi connectivity index (χ1) is 10.6. The number of amides is 2. The lowest BCUT2D eigenvalue weighted by molar-refractivity contribution is -0.117. The highest BCUT2D eigenvalue weighted by Gasteiger charge is 2.21. The van der Waals surface area contributed by atoms with Gasteiger partial charge in [-0.3, -0.25) is 9.59 Å². The van der Waals surface area contributed by atoms with Gasteiger partial charge in [0, 0.05) is 34.4 Å². The molecule has 0 aliphatic carbocycles. The number of carbonyl (C=O) groups excluding carboxylic acids is 2. The van der Waals surface area contributed by atoms with Gasteiger partial charge < -0.3 is 10.2 Å². The normalized spacial score (nSPS) is 14.2. The van der Waals surface area contributed by atoms with Gasteiger partial charge >= 0.3 is 0 Å². The molecule has 1 fully saturated rings. The van der Waals surface area contributed by atoms with Gasteiger partial charge in [0.1, 0.15) is 0 Å². The lowest BCUT2D eigenvalue weighted by atomic mass is 10.1. The second kappa shape index (κ2) is 6.32. The van der Waals surface area contributed by atoms with Gasteiger partial charge in [-0.15, -0.1) is 0 Å². The van der Waals surface area contributed by atoms with E-state index in [1.807, 2.05) is 36.4 Å².